The summed E-state index contributed by atoms with van der Waals surface area (Å²) in [6, 6.07) is 2.09. The Bertz CT molecular complexity index is 749. The van der Waals surface area contributed by atoms with Crippen LogP contribution in [0.5, 0.6) is 0 Å². The number of alkyl halides is 3. The lowest BCUT2D eigenvalue weighted by Gasteiger charge is -2.46. The van der Waals surface area contributed by atoms with E-state index >= 15 is 0 Å². The molecule has 7 nitrogen and oxygen atoms in total. The highest BCUT2D eigenvalue weighted by atomic mass is 19.4. The lowest BCUT2D eigenvalue weighted by atomic mass is 9.75. The lowest BCUT2D eigenvalue weighted by molar-refractivity contribution is -0.138. The minimum Gasteiger partial charge on any atom is -0.444 e. The summed E-state index contributed by atoms with van der Waals surface area (Å²) >= 11 is 0. The number of halogens is 3. The highest BCUT2D eigenvalue weighted by Gasteiger charge is 2.46. The Kier molecular flexibility index (Phi) is 5.56. The van der Waals surface area contributed by atoms with Gasteiger partial charge < -0.3 is 20.5 Å². The second-order valence-electron chi connectivity index (χ2n) is 7.41. The van der Waals surface area contributed by atoms with E-state index < -0.39 is 40.9 Å². The Morgan fingerprint density at radius 3 is 2.48 bits per heavy atom. The maximum absolute atomic E-state index is 13.0. The summed E-state index contributed by atoms with van der Waals surface area (Å²) in [6.45, 7) is 5.07. The number of nitrogens with one attached hydrogen (secondary N) is 2. The van der Waals surface area contributed by atoms with E-state index in [9.17, 15) is 23.1 Å². The Morgan fingerprint density at radius 2 is 2.04 bits per heavy atom. The molecule has 0 aromatic carbocycles. The molecule has 0 saturated heterocycles. The number of rotatable bonds is 4. The summed E-state index contributed by atoms with van der Waals surface area (Å²) in [5, 5.41) is 24.4. The van der Waals surface area contributed by atoms with Crippen LogP contribution in [-0.2, 0) is 10.9 Å². The van der Waals surface area contributed by atoms with Gasteiger partial charge in [-0.3, -0.25) is 0 Å². The molecule has 1 aliphatic rings. The monoisotopic (exact) mass is 386 g/mol. The first kappa shape index (κ1) is 20.8. The van der Waals surface area contributed by atoms with Gasteiger partial charge in [-0.25, -0.2) is 9.78 Å². The molecule has 1 aromatic heterocycles. The minimum absolute atomic E-state index is 0.119. The van der Waals surface area contributed by atoms with Crippen LogP contribution in [0, 0.1) is 11.3 Å². The normalized spacial score (nSPS) is 17.3. The van der Waals surface area contributed by atoms with Crippen molar-refractivity contribution in [2.24, 2.45) is 0 Å². The molecule has 148 valence electrons. The summed E-state index contributed by atoms with van der Waals surface area (Å²) in [5.41, 5.74) is -3.87. The van der Waals surface area contributed by atoms with E-state index in [-0.39, 0.29) is 5.69 Å². The van der Waals surface area contributed by atoms with E-state index in [2.05, 4.69) is 15.6 Å². The number of hydrogen-bond donors (Lipinski definition) is 3. The van der Waals surface area contributed by atoms with Crippen molar-refractivity contribution < 1.29 is 27.8 Å². The van der Waals surface area contributed by atoms with Crippen LogP contribution in [0.2, 0.25) is 0 Å². The fourth-order valence-electron chi connectivity index (χ4n) is 2.68. The molecule has 1 unspecified atom stereocenters. The van der Waals surface area contributed by atoms with Gasteiger partial charge in [0.15, 0.2) is 5.69 Å². The molecule has 0 aliphatic heterocycles. The molecule has 1 saturated carbocycles. The molecule has 2 rings (SSSR count). The van der Waals surface area contributed by atoms with E-state index in [1.165, 1.54) is 6.07 Å². The number of anilines is 1. The van der Waals surface area contributed by atoms with Crippen molar-refractivity contribution in [3.8, 4) is 6.07 Å². The number of amides is 1. The fourth-order valence-corrected chi connectivity index (χ4v) is 2.68. The van der Waals surface area contributed by atoms with Crippen LogP contribution in [-0.4, -0.2) is 33.6 Å². The van der Waals surface area contributed by atoms with Crippen molar-refractivity contribution in [3.63, 3.8) is 0 Å². The number of ether oxygens (including phenoxy) is 1. The van der Waals surface area contributed by atoms with Gasteiger partial charge in [-0.05, 0) is 46.1 Å². The third kappa shape index (κ3) is 5.01. The Hall–Kier alpha value is -2.54. The molecule has 1 aliphatic carbocycles. The number of aliphatic hydroxyl groups is 1. The van der Waals surface area contributed by atoms with Crippen LogP contribution in [0.3, 0.4) is 0 Å². The van der Waals surface area contributed by atoms with Gasteiger partial charge in [0.25, 0.3) is 0 Å². The average Bonchev–Trinajstić information content (AvgIpc) is 2.48. The topological polar surface area (TPSA) is 107 Å². The third-order valence-electron chi connectivity index (χ3n) is 4.12. The Balaban J connectivity index is 2.16. The van der Waals surface area contributed by atoms with Crippen LogP contribution in [0.1, 0.15) is 51.3 Å². The maximum atomic E-state index is 13.0. The number of nitriles is 1. The van der Waals surface area contributed by atoms with E-state index in [1.54, 1.807) is 20.8 Å². The molecule has 27 heavy (non-hydrogen) atoms. The Morgan fingerprint density at radius 1 is 1.41 bits per heavy atom. The van der Waals surface area contributed by atoms with E-state index in [4.69, 9.17) is 10.00 Å². The van der Waals surface area contributed by atoms with Crippen LogP contribution < -0.4 is 10.6 Å². The van der Waals surface area contributed by atoms with Crippen molar-refractivity contribution in [1.82, 2.24) is 10.3 Å². The highest BCUT2D eigenvalue weighted by Crippen LogP contribution is 2.37. The van der Waals surface area contributed by atoms with E-state index in [0.29, 0.717) is 18.9 Å². The zero-order chi connectivity index (χ0) is 20.5. The van der Waals surface area contributed by atoms with E-state index in [1.807, 2.05) is 0 Å². The summed E-state index contributed by atoms with van der Waals surface area (Å²) in [5.74, 6) is 0. The molecule has 1 heterocycles. The Labute approximate surface area is 154 Å². The van der Waals surface area contributed by atoms with Gasteiger partial charge in [0, 0.05) is 0 Å². The molecule has 10 heteroatoms. The van der Waals surface area contributed by atoms with Crippen molar-refractivity contribution >= 4 is 11.8 Å². The standard InChI is InChI=1S/C17H21F3N4O3/c1-15(2,3)27-14(26)24-16(5-4-6-16)13(25)23-10-7-11(17(18,19)20)12(8-21)22-9-10/h7,9,13,23,25H,4-6H2,1-3H3,(H,24,26). The SMILES string of the molecule is CC(C)(C)OC(=O)NC1(C(O)Nc2cnc(C#N)c(C(F)(F)F)c2)CCC1. The van der Waals surface area contributed by atoms with Crippen LogP contribution >= 0.6 is 0 Å². The molecule has 0 radical (unpaired) electrons. The number of hydrogen-bond acceptors (Lipinski definition) is 6. The molecule has 1 atom stereocenters. The summed E-state index contributed by atoms with van der Waals surface area (Å²) in [7, 11) is 0. The number of aliphatic hydroxyl groups excluding tert-OH is 1. The largest absolute Gasteiger partial charge is 0.444 e. The first-order valence-electron chi connectivity index (χ1n) is 8.29. The average molecular weight is 386 g/mol. The minimum atomic E-state index is -4.76. The smallest absolute Gasteiger partial charge is 0.419 e. The number of carbonyl (C=O) groups excluding carboxylic acids is 1. The summed E-state index contributed by atoms with van der Waals surface area (Å²) in [6.07, 6.45) is -4.24. The zero-order valence-electron chi connectivity index (χ0n) is 15.1. The molecule has 0 spiro atoms. The predicted octanol–water partition coefficient (Wildman–Crippen LogP) is 3.15. The van der Waals surface area contributed by atoms with Gasteiger partial charge in [-0.1, -0.05) is 0 Å². The lowest BCUT2D eigenvalue weighted by Crippen LogP contribution is -2.63. The van der Waals surface area contributed by atoms with Gasteiger partial charge in [0.1, 0.15) is 17.9 Å². The summed E-state index contributed by atoms with van der Waals surface area (Å²) < 4.78 is 44.3. The second kappa shape index (κ2) is 7.23. The third-order valence-corrected chi connectivity index (χ3v) is 4.12. The molecular weight excluding hydrogens is 365 g/mol. The molecule has 1 fully saturated rings. The van der Waals surface area contributed by atoms with Gasteiger partial charge in [-0.2, -0.15) is 18.4 Å². The maximum Gasteiger partial charge on any atom is 0.419 e. The van der Waals surface area contributed by atoms with Crippen molar-refractivity contribution in [1.29, 1.82) is 5.26 Å². The molecular formula is C17H21F3N4O3. The van der Waals surface area contributed by atoms with Crippen LogP contribution in [0.25, 0.3) is 0 Å². The number of aromatic nitrogens is 1. The molecule has 3 N–H and O–H groups in total. The summed E-state index contributed by atoms with van der Waals surface area (Å²) in [4.78, 5) is 15.5. The van der Waals surface area contributed by atoms with Crippen molar-refractivity contribution in [2.75, 3.05) is 5.32 Å². The highest BCUT2D eigenvalue weighted by molar-refractivity contribution is 5.69. The predicted molar refractivity (Wildman–Crippen MR) is 89.5 cm³/mol. The van der Waals surface area contributed by atoms with Gasteiger partial charge in [-0.15, -0.1) is 0 Å². The first-order chi connectivity index (χ1) is 12.4. The number of carbonyl (C=O) groups is 1. The van der Waals surface area contributed by atoms with Gasteiger partial charge >= 0.3 is 12.3 Å². The van der Waals surface area contributed by atoms with Crippen molar-refractivity contribution in [3.05, 3.63) is 23.5 Å². The fraction of sp³-hybridized carbons (Fsp3) is 0.588. The number of alkyl carbamates (subject to hydrolysis) is 1. The van der Waals surface area contributed by atoms with Gasteiger partial charge in [0.05, 0.1) is 23.0 Å². The quantitative estimate of drug-likeness (QED) is 0.686. The molecule has 1 aromatic rings. The van der Waals surface area contributed by atoms with Crippen LogP contribution in [0.4, 0.5) is 23.7 Å². The zero-order valence-corrected chi connectivity index (χ0v) is 15.1. The molecule has 1 amide bonds. The number of pyridine rings is 1. The van der Waals surface area contributed by atoms with Gasteiger partial charge in [0.2, 0.25) is 0 Å². The van der Waals surface area contributed by atoms with E-state index in [0.717, 1.165) is 12.6 Å². The van der Waals surface area contributed by atoms with Crippen LogP contribution in [0.15, 0.2) is 12.3 Å². The first-order valence-corrected chi connectivity index (χ1v) is 8.29. The molecule has 0 bridgehead atoms. The number of nitrogens with zero attached hydrogens (tertiary/aromatic N) is 2. The second-order valence-corrected chi connectivity index (χ2v) is 7.41. The van der Waals surface area contributed by atoms with Crippen molar-refractivity contribution in [2.45, 2.75) is 63.6 Å².